The molecule has 1 atom stereocenters. The van der Waals surface area contributed by atoms with Crippen LogP contribution in [0.25, 0.3) is 0 Å². The van der Waals surface area contributed by atoms with Crippen molar-refractivity contribution in [2.24, 2.45) is 16.7 Å². The number of hydrogen-bond acceptors (Lipinski definition) is 3. The lowest BCUT2D eigenvalue weighted by molar-refractivity contribution is -0.138. The van der Waals surface area contributed by atoms with Gasteiger partial charge in [-0.2, -0.15) is 0 Å². The van der Waals surface area contributed by atoms with Crippen molar-refractivity contribution in [3.05, 3.63) is 96.1 Å². The van der Waals surface area contributed by atoms with Crippen molar-refractivity contribution in [2.45, 2.75) is 71.6 Å². The molecule has 0 radical (unpaired) electrons. The third-order valence-corrected chi connectivity index (χ3v) is 8.31. The van der Waals surface area contributed by atoms with Crippen molar-refractivity contribution in [1.29, 1.82) is 0 Å². The number of carboxylic acid groups (broad SMARTS) is 1. The van der Waals surface area contributed by atoms with Crippen molar-refractivity contribution in [2.75, 3.05) is 13.1 Å². The molecule has 0 spiro atoms. The zero-order chi connectivity index (χ0) is 26.5. The van der Waals surface area contributed by atoms with Crippen molar-refractivity contribution in [3.8, 4) is 0 Å². The van der Waals surface area contributed by atoms with Gasteiger partial charge in [0.2, 0.25) is 0 Å². The molecule has 1 unspecified atom stereocenters. The lowest BCUT2D eigenvalue weighted by atomic mass is 9.59. The average molecular weight is 502 g/mol. The molecule has 0 saturated carbocycles. The van der Waals surface area contributed by atoms with E-state index in [9.17, 15) is 9.90 Å². The van der Waals surface area contributed by atoms with E-state index in [1.807, 2.05) is 12.2 Å². The van der Waals surface area contributed by atoms with Gasteiger partial charge in [0.1, 0.15) is 6.10 Å². The molecule has 1 heterocycles. The smallest absolute Gasteiger partial charge is 0.314 e. The van der Waals surface area contributed by atoms with Gasteiger partial charge in [0.15, 0.2) is 0 Å². The molecule has 0 amide bonds. The minimum atomic E-state index is -0.786. The fourth-order valence-electron chi connectivity index (χ4n) is 6.15. The second kappa shape index (κ2) is 11.8. The van der Waals surface area contributed by atoms with Gasteiger partial charge in [-0.3, -0.25) is 9.69 Å². The van der Waals surface area contributed by atoms with E-state index in [0.717, 1.165) is 38.8 Å². The fraction of sp³-hybridized carbons (Fsp3) is 0.485. The molecule has 0 aromatic heterocycles. The number of carbonyl (C=O) groups is 1. The highest BCUT2D eigenvalue weighted by atomic mass is 16.5. The second-order valence-corrected chi connectivity index (χ2v) is 11.6. The van der Waals surface area contributed by atoms with Gasteiger partial charge < -0.3 is 9.84 Å². The first-order chi connectivity index (χ1) is 17.7. The number of ether oxygens (including phenoxy) is 1. The molecule has 0 bridgehead atoms. The highest BCUT2D eigenvalue weighted by molar-refractivity contribution is 5.75. The van der Waals surface area contributed by atoms with E-state index >= 15 is 0 Å². The summed E-state index contributed by atoms with van der Waals surface area (Å²) in [5, 5.41) is 9.54. The lowest BCUT2D eigenvalue weighted by Gasteiger charge is -2.53. The van der Waals surface area contributed by atoms with Crippen LogP contribution >= 0.6 is 0 Å². The summed E-state index contributed by atoms with van der Waals surface area (Å²) in [6, 6.07) is 21.4. The third-order valence-electron chi connectivity index (χ3n) is 8.31. The number of aliphatic carboxylic acids is 1. The molecule has 4 rings (SSSR count). The average Bonchev–Trinajstić information content (AvgIpc) is 2.91. The van der Waals surface area contributed by atoms with Crippen molar-refractivity contribution in [1.82, 2.24) is 4.90 Å². The summed E-state index contributed by atoms with van der Waals surface area (Å²) in [4.78, 5) is 14.3. The first kappa shape index (κ1) is 27.3. The first-order valence-electron chi connectivity index (χ1n) is 13.9. The van der Waals surface area contributed by atoms with Gasteiger partial charge in [0.05, 0.1) is 12.0 Å². The molecule has 2 aliphatic rings. The standard InChI is InChI=1S/C33H43NO3/c1-5-12-29(33(32(2,3)4)21-17-27(18-22-33)31(35)36)34-23-19-28(20-24-34)37-30(25-13-8-6-9-14-25)26-15-10-7-11-16-26/h6-11,13-18,21-22,27-30H,5,12,19-20,23-24H2,1-4H3,(H,35,36). The van der Waals surface area contributed by atoms with Crippen LogP contribution in [0.3, 0.4) is 0 Å². The molecule has 1 saturated heterocycles. The Balaban J connectivity index is 1.51. The maximum atomic E-state index is 11.6. The molecule has 1 fully saturated rings. The summed E-state index contributed by atoms with van der Waals surface area (Å²) in [6.45, 7) is 11.1. The van der Waals surface area contributed by atoms with Crippen LogP contribution in [-0.2, 0) is 9.53 Å². The highest BCUT2D eigenvalue weighted by Gasteiger charge is 2.48. The van der Waals surface area contributed by atoms with E-state index in [1.165, 1.54) is 11.1 Å². The topological polar surface area (TPSA) is 49.8 Å². The van der Waals surface area contributed by atoms with Crippen LogP contribution in [-0.4, -0.2) is 41.2 Å². The highest BCUT2D eigenvalue weighted by Crippen LogP contribution is 2.50. The normalized spacial score (nSPS) is 23.9. The predicted molar refractivity (Wildman–Crippen MR) is 150 cm³/mol. The van der Waals surface area contributed by atoms with Crippen molar-refractivity contribution in [3.63, 3.8) is 0 Å². The van der Waals surface area contributed by atoms with Gasteiger partial charge in [-0.05, 0) is 35.8 Å². The van der Waals surface area contributed by atoms with Crippen molar-refractivity contribution >= 4 is 5.97 Å². The number of benzene rings is 2. The van der Waals surface area contributed by atoms with Crippen LogP contribution in [0.2, 0.25) is 0 Å². The van der Waals surface area contributed by atoms with Gasteiger partial charge in [0, 0.05) is 24.5 Å². The zero-order valence-electron chi connectivity index (χ0n) is 22.8. The molecule has 1 aliphatic heterocycles. The summed E-state index contributed by atoms with van der Waals surface area (Å²) in [5.41, 5.74) is 2.14. The van der Waals surface area contributed by atoms with Crippen LogP contribution in [0.5, 0.6) is 0 Å². The Morgan fingerprint density at radius 1 is 0.973 bits per heavy atom. The Morgan fingerprint density at radius 3 is 1.92 bits per heavy atom. The first-order valence-corrected chi connectivity index (χ1v) is 13.9. The third kappa shape index (κ3) is 6.08. The molecular formula is C33H43NO3. The summed E-state index contributed by atoms with van der Waals surface area (Å²) < 4.78 is 6.81. The fourth-order valence-corrected chi connectivity index (χ4v) is 6.15. The van der Waals surface area contributed by atoms with E-state index in [2.05, 4.69) is 105 Å². The number of piperidine rings is 1. The number of rotatable bonds is 9. The molecule has 2 aromatic rings. The van der Waals surface area contributed by atoms with Crippen molar-refractivity contribution < 1.29 is 14.6 Å². The monoisotopic (exact) mass is 501 g/mol. The molecule has 198 valence electrons. The Hall–Kier alpha value is -2.69. The van der Waals surface area contributed by atoms with E-state index in [-0.39, 0.29) is 23.0 Å². The summed E-state index contributed by atoms with van der Waals surface area (Å²) in [7, 11) is 0. The Kier molecular flexibility index (Phi) is 8.71. The number of nitrogens with zero attached hydrogens (tertiary/aromatic N) is 1. The van der Waals surface area contributed by atoms with E-state index in [0.29, 0.717) is 6.04 Å². The Bertz CT molecular complexity index is 1010. The minimum Gasteiger partial charge on any atom is -0.481 e. The molecule has 4 nitrogen and oxygen atoms in total. The van der Waals surface area contributed by atoms with Gasteiger partial charge in [-0.1, -0.05) is 119 Å². The van der Waals surface area contributed by atoms with Crippen LogP contribution in [0, 0.1) is 16.7 Å². The number of hydrogen-bond donors (Lipinski definition) is 1. The van der Waals surface area contributed by atoms with Crippen LogP contribution < -0.4 is 0 Å². The maximum absolute atomic E-state index is 11.6. The number of carboxylic acids is 1. The van der Waals surface area contributed by atoms with E-state index < -0.39 is 11.9 Å². The van der Waals surface area contributed by atoms with Crippen LogP contribution in [0.15, 0.2) is 85.0 Å². The molecular weight excluding hydrogens is 458 g/mol. The minimum absolute atomic E-state index is 0.0393. The van der Waals surface area contributed by atoms with Crippen LogP contribution in [0.4, 0.5) is 0 Å². The largest absolute Gasteiger partial charge is 0.481 e. The molecule has 4 heteroatoms. The van der Waals surface area contributed by atoms with Gasteiger partial charge in [-0.15, -0.1) is 0 Å². The van der Waals surface area contributed by atoms with E-state index in [4.69, 9.17) is 4.74 Å². The summed E-state index contributed by atoms with van der Waals surface area (Å²) in [5.74, 6) is -1.32. The Morgan fingerprint density at radius 2 is 1.49 bits per heavy atom. The molecule has 37 heavy (non-hydrogen) atoms. The molecule has 1 N–H and O–H groups in total. The maximum Gasteiger partial charge on any atom is 0.314 e. The number of likely N-dealkylation sites (tertiary alicyclic amines) is 1. The van der Waals surface area contributed by atoms with Gasteiger partial charge in [0.25, 0.3) is 0 Å². The molecule has 2 aromatic carbocycles. The van der Waals surface area contributed by atoms with E-state index in [1.54, 1.807) is 0 Å². The molecule has 1 aliphatic carbocycles. The summed E-state index contributed by atoms with van der Waals surface area (Å²) in [6.07, 6.45) is 12.5. The second-order valence-electron chi connectivity index (χ2n) is 11.6. The van der Waals surface area contributed by atoms with Gasteiger partial charge >= 0.3 is 5.97 Å². The SMILES string of the molecule is CCCC(N1CCC(OC(c2ccccc2)c2ccccc2)CC1)C1(C(C)(C)C)C=CC(C(=O)O)C=C1. The predicted octanol–water partition coefficient (Wildman–Crippen LogP) is 7.29. The Labute approximate surface area is 223 Å². The van der Waals surface area contributed by atoms with Crippen LogP contribution in [0.1, 0.15) is 70.6 Å². The summed E-state index contributed by atoms with van der Waals surface area (Å²) >= 11 is 0. The van der Waals surface area contributed by atoms with Gasteiger partial charge in [-0.25, -0.2) is 0 Å². The quantitative estimate of drug-likeness (QED) is 0.367. The lowest BCUT2D eigenvalue weighted by Crippen LogP contribution is -2.55. The zero-order valence-corrected chi connectivity index (χ0v) is 22.8.